The number of aliphatic hydroxyl groups is 1. The van der Waals surface area contributed by atoms with E-state index < -0.39 is 5.60 Å². The highest BCUT2D eigenvalue weighted by atomic mass is 16.5. The first-order chi connectivity index (χ1) is 13.3. The van der Waals surface area contributed by atoms with Crippen LogP contribution in [0.5, 0.6) is 0 Å². The minimum Gasteiger partial charge on any atom is -0.390 e. The smallest absolute Gasteiger partial charge is 0.0692 e. The molecule has 1 aromatic carbocycles. The maximum absolute atomic E-state index is 11.5. The Morgan fingerprint density at radius 1 is 1.04 bits per heavy atom. The average Bonchev–Trinajstić information content (AvgIpc) is 2.70. The fraction of sp³-hybridized carbons (Fsp3) is 0.750. The quantitative estimate of drug-likeness (QED) is 0.860. The summed E-state index contributed by atoms with van der Waals surface area (Å²) in [6, 6.07) is 11.4. The van der Waals surface area contributed by atoms with Crippen LogP contribution in [-0.2, 0) is 10.2 Å². The van der Waals surface area contributed by atoms with Gasteiger partial charge in [-0.05, 0) is 51.5 Å². The van der Waals surface area contributed by atoms with Crippen molar-refractivity contribution >= 4 is 0 Å². The molecule has 4 unspecified atom stereocenters. The largest absolute Gasteiger partial charge is 0.390 e. The highest BCUT2D eigenvalue weighted by Crippen LogP contribution is 2.47. The minimum atomic E-state index is -0.538. The van der Waals surface area contributed by atoms with Crippen LogP contribution in [0.2, 0.25) is 0 Å². The van der Waals surface area contributed by atoms with Crippen LogP contribution in [-0.4, -0.2) is 71.5 Å². The number of piperidine rings is 2. The van der Waals surface area contributed by atoms with Gasteiger partial charge in [-0.15, -0.1) is 0 Å². The van der Waals surface area contributed by atoms with Crippen LogP contribution >= 0.6 is 0 Å². The molecule has 0 radical (unpaired) electrons. The van der Waals surface area contributed by atoms with E-state index >= 15 is 0 Å². The van der Waals surface area contributed by atoms with Gasteiger partial charge in [0, 0.05) is 43.2 Å². The first-order valence-corrected chi connectivity index (χ1v) is 11.2. The Labute approximate surface area is 170 Å². The van der Waals surface area contributed by atoms with Crippen LogP contribution in [0.25, 0.3) is 0 Å². The standard InChI is InChI=1S/C24H38N2O2/c1-20(25-13-15-28-16-14-25)17-24(27)11-12-26-19-22(2,9-10-23(26,3)18-24)21-7-5-4-6-8-21/h4-8,20,27H,9-19H2,1-3H3. The van der Waals surface area contributed by atoms with Gasteiger partial charge in [-0.25, -0.2) is 0 Å². The van der Waals surface area contributed by atoms with Crippen molar-refractivity contribution in [3.05, 3.63) is 35.9 Å². The van der Waals surface area contributed by atoms with E-state index in [1.807, 2.05) is 0 Å². The summed E-state index contributed by atoms with van der Waals surface area (Å²) in [6.45, 7) is 12.8. The molecule has 0 aliphatic carbocycles. The van der Waals surface area contributed by atoms with Gasteiger partial charge in [-0.2, -0.15) is 0 Å². The van der Waals surface area contributed by atoms with E-state index in [1.54, 1.807) is 0 Å². The lowest BCUT2D eigenvalue weighted by molar-refractivity contribution is -0.120. The normalized spacial score (nSPS) is 38.7. The van der Waals surface area contributed by atoms with E-state index in [9.17, 15) is 5.11 Å². The number of morpholine rings is 1. The summed E-state index contributed by atoms with van der Waals surface area (Å²) in [4.78, 5) is 5.17. The molecule has 156 valence electrons. The van der Waals surface area contributed by atoms with Crippen LogP contribution in [0.1, 0.15) is 58.4 Å². The van der Waals surface area contributed by atoms with E-state index in [0.717, 1.165) is 65.1 Å². The van der Waals surface area contributed by atoms with E-state index in [0.29, 0.717) is 6.04 Å². The molecule has 4 nitrogen and oxygen atoms in total. The number of hydrogen-bond donors (Lipinski definition) is 1. The number of fused-ring (bicyclic) bond motifs is 1. The van der Waals surface area contributed by atoms with Crippen molar-refractivity contribution in [1.29, 1.82) is 0 Å². The van der Waals surface area contributed by atoms with E-state index in [2.05, 4.69) is 60.9 Å². The summed E-state index contributed by atoms with van der Waals surface area (Å²) in [7, 11) is 0. The highest BCUT2D eigenvalue weighted by molar-refractivity contribution is 5.27. The summed E-state index contributed by atoms with van der Waals surface area (Å²) in [5, 5.41) is 11.5. The summed E-state index contributed by atoms with van der Waals surface area (Å²) in [5.74, 6) is 0. The van der Waals surface area contributed by atoms with Crippen molar-refractivity contribution in [2.45, 2.75) is 75.5 Å². The van der Waals surface area contributed by atoms with Gasteiger partial charge in [0.05, 0.1) is 18.8 Å². The molecule has 3 aliphatic heterocycles. The Morgan fingerprint density at radius 3 is 2.46 bits per heavy atom. The van der Waals surface area contributed by atoms with Crippen molar-refractivity contribution in [3.63, 3.8) is 0 Å². The summed E-state index contributed by atoms with van der Waals surface area (Å²) >= 11 is 0. The molecule has 0 bridgehead atoms. The van der Waals surface area contributed by atoms with Crippen LogP contribution < -0.4 is 0 Å². The molecule has 1 aromatic rings. The predicted octanol–water partition coefficient (Wildman–Crippen LogP) is 3.43. The van der Waals surface area contributed by atoms with Gasteiger partial charge < -0.3 is 9.84 Å². The van der Waals surface area contributed by atoms with Gasteiger partial charge in [-0.1, -0.05) is 37.3 Å². The Morgan fingerprint density at radius 2 is 1.75 bits per heavy atom. The molecule has 4 atom stereocenters. The molecular weight excluding hydrogens is 348 g/mol. The first-order valence-electron chi connectivity index (χ1n) is 11.2. The van der Waals surface area contributed by atoms with Crippen molar-refractivity contribution < 1.29 is 9.84 Å². The lowest BCUT2D eigenvalue weighted by Gasteiger charge is -2.58. The third kappa shape index (κ3) is 4.02. The Hall–Kier alpha value is -0.940. The second-order valence-corrected chi connectivity index (χ2v) is 10.2. The molecule has 3 fully saturated rings. The Bertz CT molecular complexity index is 662. The van der Waals surface area contributed by atoms with Gasteiger partial charge in [0.15, 0.2) is 0 Å². The highest BCUT2D eigenvalue weighted by Gasteiger charge is 2.51. The molecule has 0 spiro atoms. The lowest BCUT2D eigenvalue weighted by atomic mass is 9.65. The first kappa shape index (κ1) is 20.3. The maximum Gasteiger partial charge on any atom is 0.0692 e. The third-order valence-electron chi connectivity index (χ3n) is 7.89. The zero-order chi connectivity index (χ0) is 19.8. The van der Waals surface area contributed by atoms with Crippen LogP contribution in [0.3, 0.4) is 0 Å². The lowest BCUT2D eigenvalue weighted by Crippen LogP contribution is -2.64. The molecule has 3 saturated heterocycles. The van der Waals surface area contributed by atoms with E-state index in [4.69, 9.17) is 4.74 Å². The average molecular weight is 387 g/mol. The maximum atomic E-state index is 11.5. The SMILES string of the molecule is CC(CC1(O)CCN2CC(C)(c3ccccc3)CCC2(C)C1)N1CCOCC1. The molecule has 0 amide bonds. The topological polar surface area (TPSA) is 35.9 Å². The van der Waals surface area contributed by atoms with Crippen molar-refractivity contribution in [1.82, 2.24) is 9.80 Å². The fourth-order valence-corrected chi connectivity index (χ4v) is 6.03. The number of nitrogens with zero attached hydrogens (tertiary/aromatic N) is 2. The minimum absolute atomic E-state index is 0.117. The molecular formula is C24H38N2O2. The van der Waals surface area contributed by atoms with E-state index in [1.165, 1.54) is 12.0 Å². The monoisotopic (exact) mass is 386 g/mol. The summed E-state index contributed by atoms with van der Waals surface area (Å²) < 4.78 is 5.50. The molecule has 0 aromatic heterocycles. The van der Waals surface area contributed by atoms with Gasteiger partial charge in [0.1, 0.15) is 0 Å². The van der Waals surface area contributed by atoms with Gasteiger partial charge in [0.2, 0.25) is 0 Å². The number of hydrogen-bond acceptors (Lipinski definition) is 4. The third-order valence-corrected chi connectivity index (χ3v) is 7.89. The van der Waals surface area contributed by atoms with Crippen LogP contribution in [0.4, 0.5) is 0 Å². The number of ether oxygens (including phenoxy) is 1. The Kier molecular flexibility index (Phi) is 5.60. The van der Waals surface area contributed by atoms with Crippen molar-refractivity contribution in [3.8, 4) is 0 Å². The van der Waals surface area contributed by atoms with Crippen molar-refractivity contribution in [2.24, 2.45) is 0 Å². The fourth-order valence-electron chi connectivity index (χ4n) is 6.03. The molecule has 1 N–H and O–H groups in total. The zero-order valence-electron chi connectivity index (χ0n) is 18.0. The molecule has 0 saturated carbocycles. The number of rotatable bonds is 4. The molecule has 28 heavy (non-hydrogen) atoms. The van der Waals surface area contributed by atoms with E-state index in [-0.39, 0.29) is 11.0 Å². The van der Waals surface area contributed by atoms with Crippen molar-refractivity contribution in [2.75, 3.05) is 39.4 Å². The molecule has 3 aliphatic rings. The van der Waals surface area contributed by atoms with Crippen LogP contribution in [0, 0.1) is 0 Å². The summed E-state index contributed by atoms with van der Waals surface area (Å²) in [6.07, 6.45) is 5.03. The zero-order valence-corrected chi connectivity index (χ0v) is 18.0. The Balaban J connectivity index is 1.42. The van der Waals surface area contributed by atoms with Gasteiger partial charge >= 0.3 is 0 Å². The van der Waals surface area contributed by atoms with Gasteiger partial charge in [-0.3, -0.25) is 9.80 Å². The molecule has 4 heteroatoms. The number of benzene rings is 1. The van der Waals surface area contributed by atoms with Gasteiger partial charge in [0.25, 0.3) is 0 Å². The summed E-state index contributed by atoms with van der Waals surface area (Å²) in [5.41, 5.74) is 1.26. The van der Waals surface area contributed by atoms with Crippen LogP contribution in [0.15, 0.2) is 30.3 Å². The predicted molar refractivity (Wildman–Crippen MR) is 114 cm³/mol. The second kappa shape index (κ2) is 7.71. The second-order valence-electron chi connectivity index (χ2n) is 10.2. The molecule has 3 heterocycles. The molecule has 4 rings (SSSR count).